The van der Waals surface area contributed by atoms with Crippen molar-refractivity contribution < 1.29 is 9.15 Å². The van der Waals surface area contributed by atoms with E-state index in [1.165, 1.54) is 6.39 Å². The molecule has 3 heteroatoms. The second-order valence-electron chi connectivity index (χ2n) is 2.64. The van der Waals surface area contributed by atoms with Gasteiger partial charge in [-0.15, -0.1) is 0 Å². The van der Waals surface area contributed by atoms with Crippen molar-refractivity contribution in [1.29, 1.82) is 0 Å². The quantitative estimate of drug-likeness (QED) is 0.646. The molecule has 0 saturated carbocycles. The normalized spacial score (nSPS) is 10.5. The minimum Gasteiger partial charge on any atom is -0.496 e. The lowest BCUT2D eigenvalue weighted by molar-refractivity contribution is 0.411. The summed E-state index contributed by atoms with van der Waals surface area (Å²) < 4.78 is 10.3. The van der Waals surface area contributed by atoms with Crippen LogP contribution in [0.1, 0.15) is 5.56 Å². The van der Waals surface area contributed by atoms with Crippen molar-refractivity contribution in [2.24, 2.45) is 0 Å². The molecule has 0 unspecified atom stereocenters. The number of aromatic nitrogens is 1. The van der Waals surface area contributed by atoms with Gasteiger partial charge in [0.05, 0.1) is 7.11 Å². The first kappa shape index (κ1) is 7.16. The molecule has 0 aliphatic rings. The van der Waals surface area contributed by atoms with Gasteiger partial charge in [0, 0.05) is 6.07 Å². The Morgan fingerprint density at radius 1 is 1.42 bits per heavy atom. The molecule has 0 saturated heterocycles. The summed E-state index contributed by atoms with van der Waals surface area (Å²) in [5.74, 6) is 0.833. The Labute approximate surface area is 70.0 Å². The highest BCUT2D eigenvalue weighted by Gasteiger charge is 2.03. The monoisotopic (exact) mass is 163 g/mol. The summed E-state index contributed by atoms with van der Waals surface area (Å²) in [6.45, 7) is 1.98. The molecule has 0 radical (unpaired) electrons. The van der Waals surface area contributed by atoms with Crippen LogP contribution in [-0.4, -0.2) is 12.1 Å². The van der Waals surface area contributed by atoms with E-state index in [9.17, 15) is 0 Å². The van der Waals surface area contributed by atoms with Crippen LogP contribution in [0.5, 0.6) is 5.75 Å². The number of fused-ring (bicyclic) bond motifs is 1. The van der Waals surface area contributed by atoms with Gasteiger partial charge in [-0.05, 0) is 18.6 Å². The molecular weight excluding hydrogens is 154 g/mol. The SMILES string of the molecule is COc1cc2ocnc2cc1C. The van der Waals surface area contributed by atoms with Crippen LogP contribution in [0.25, 0.3) is 11.1 Å². The Bertz CT molecular complexity index is 406. The van der Waals surface area contributed by atoms with Crippen molar-refractivity contribution >= 4 is 11.1 Å². The number of hydrogen-bond acceptors (Lipinski definition) is 3. The van der Waals surface area contributed by atoms with Crippen molar-refractivity contribution in [3.63, 3.8) is 0 Å². The lowest BCUT2D eigenvalue weighted by atomic mass is 10.2. The fourth-order valence-corrected chi connectivity index (χ4v) is 1.21. The summed E-state index contributed by atoms with van der Waals surface area (Å²) in [5.41, 5.74) is 2.70. The van der Waals surface area contributed by atoms with Gasteiger partial charge in [0.1, 0.15) is 11.3 Å². The van der Waals surface area contributed by atoms with E-state index in [-0.39, 0.29) is 0 Å². The fourth-order valence-electron chi connectivity index (χ4n) is 1.21. The third-order valence-electron chi connectivity index (χ3n) is 1.85. The predicted octanol–water partition coefficient (Wildman–Crippen LogP) is 2.14. The van der Waals surface area contributed by atoms with E-state index in [4.69, 9.17) is 9.15 Å². The van der Waals surface area contributed by atoms with Crippen molar-refractivity contribution in [3.8, 4) is 5.75 Å². The maximum absolute atomic E-state index is 5.13. The van der Waals surface area contributed by atoms with E-state index < -0.39 is 0 Å². The molecule has 0 fully saturated rings. The fraction of sp³-hybridized carbons (Fsp3) is 0.222. The van der Waals surface area contributed by atoms with Gasteiger partial charge in [-0.1, -0.05) is 0 Å². The standard InChI is InChI=1S/C9H9NO2/c1-6-3-7-9(12-5-10-7)4-8(6)11-2/h3-5H,1-2H3. The molecule has 0 amide bonds. The Kier molecular flexibility index (Phi) is 1.50. The second kappa shape index (κ2) is 2.52. The van der Waals surface area contributed by atoms with Crippen LogP contribution in [0.15, 0.2) is 22.9 Å². The van der Waals surface area contributed by atoms with Gasteiger partial charge >= 0.3 is 0 Å². The lowest BCUT2D eigenvalue weighted by Crippen LogP contribution is -1.85. The minimum atomic E-state index is 0.762. The third kappa shape index (κ3) is 0.942. The average molecular weight is 163 g/mol. The minimum absolute atomic E-state index is 0.762. The molecule has 0 N–H and O–H groups in total. The van der Waals surface area contributed by atoms with Crippen molar-refractivity contribution in [2.75, 3.05) is 7.11 Å². The molecule has 12 heavy (non-hydrogen) atoms. The molecule has 2 rings (SSSR count). The number of aryl methyl sites for hydroxylation is 1. The van der Waals surface area contributed by atoms with E-state index in [2.05, 4.69) is 4.98 Å². The summed E-state index contributed by atoms with van der Waals surface area (Å²) in [4.78, 5) is 4.03. The molecule has 0 spiro atoms. The van der Waals surface area contributed by atoms with Crippen molar-refractivity contribution in [2.45, 2.75) is 6.92 Å². The molecule has 62 valence electrons. The molecule has 0 bridgehead atoms. The second-order valence-corrected chi connectivity index (χ2v) is 2.64. The first-order valence-corrected chi connectivity index (χ1v) is 3.69. The largest absolute Gasteiger partial charge is 0.496 e. The number of methoxy groups -OCH3 is 1. The zero-order valence-corrected chi connectivity index (χ0v) is 7.00. The predicted molar refractivity (Wildman–Crippen MR) is 45.3 cm³/mol. The van der Waals surface area contributed by atoms with Gasteiger partial charge < -0.3 is 9.15 Å². The van der Waals surface area contributed by atoms with E-state index in [1.54, 1.807) is 7.11 Å². The van der Waals surface area contributed by atoms with Crippen molar-refractivity contribution in [3.05, 3.63) is 24.1 Å². The number of nitrogens with zero attached hydrogens (tertiary/aromatic N) is 1. The third-order valence-corrected chi connectivity index (χ3v) is 1.85. The Morgan fingerprint density at radius 2 is 2.25 bits per heavy atom. The van der Waals surface area contributed by atoms with Gasteiger partial charge in [0.25, 0.3) is 0 Å². The van der Waals surface area contributed by atoms with E-state index in [1.807, 2.05) is 19.1 Å². The van der Waals surface area contributed by atoms with Crippen LogP contribution in [-0.2, 0) is 0 Å². The molecule has 1 aromatic carbocycles. The summed E-state index contributed by atoms with van der Waals surface area (Å²) in [6.07, 6.45) is 1.43. The highest BCUT2D eigenvalue weighted by molar-refractivity contribution is 5.75. The van der Waals surface area contributed by atoms with Crippen LogP contribution in [0.2, 0.25) is 0 Å². The summed E-state index contributed by atoms with van der Waals surface area (Å²) >= 11 is 0. The van der Waals surface area contributed by atoms with Crippen LogP contribution in [0.4, 0.5) is 0 Å². The molecule has 0 aliphatic carbocycles. The summed E-state index contributed by atoms with van der Waals surface area (Å²) in [7, 11) is 1.64. The maximum atomic E-state index is 5.13. The van der Waals surface area contributed by atoms with Crippen LogP contribution >= 0.6 is 0 Å². The molecule has 0 aliphatic heterocycles. The van der Waals surface area contributed by atoms with E-state index in [0.29, 0.717) is 0 Å². The topological polar surface area (TPSA) is 35.3 Å². The van der Waals surface area contributed by atoms with Crippen LogP contribution < -0.4 is 4.74 Å². The zero-order chi connectivity index (χ0) is 8.55. The highest BCUT2D eigenvalue weighted by atomic mass is 16.5. The number of rotatable bonds is 1. The smallest absolute Gasteiger partial charge is 0.181 e. The molecule has 2 aromatic rings. The number of ether oxygens (including phenoxy) is 1. The van der Waals surface area contributed by atoms with Gasteiger partial charge in [0.2, 0.25) is 0 Å². The number of oxazole rings is 1. The summed E-state index contributed by atoms with van der Waals surface area (Å²) in [5, 5.41) is 0. The zero-order valence-electron chi connectivity index (χ0n) is 7.00. The first-order chi connectivity index (χ1) is 5.81. The molecule has 1 heterocycles. The molecule has 3 nitrogen and oxygen atoms in total. The van der Waals surface area contributed by atoms with Gasteiger partial charge in [0.15, 0.2) is 12.0 Å². The first-order valence-electron chi connectivity index (χ1n) is 3.69. The van der Waals surface area contributed by atoms with Gasteiger partial charge in [-0.2, -0.15) is 0 Å². The highest BCUT2D eigenvalue weighted by Crippen LogP contribution is 2.23. The lowest BCUT2D eigenvalue weighted by Gasteiger charge is -2.01. The maximum Gasteiger partial charge on any atom is 0.181 e. The van der Waals surface area contributed by atoms with Crippen LogP contribution in [0, 0.1) is 6.92 Å². The average Bonchev–Trinajstić information content (AvgIpc) is 2.49. The van der Waals surface area contributed by atoms with Crippen LogP contribution in [0.3, 0.4) is 0 Å². The van der Waals surface area contributed by atoms with Crippen molar-refractivity contribution in [1.82, 2.24) is 4.98 Å². The Morgan fingerprint density at radius 3 is 3.00 bits per heavy atom. The molecular formula is C9H9NO2. The van der Waals surface area contributed by atoms with E-state index in [0.717, 1.165) is 22.4 Å². The molecule has 0 atom stereocenters. The van der Waals surface area contributed by atoms with Gasteiger partial charge in [-0.3, -0.25) is 0 Å². The number of hydrogen-bond donors (Lipinski definition) is 0. The van der Waals surface area contributed by atoms with E-state index >= 15 is 0 Å². The molecule has 1 aromatic heterocycles. The summed E-state index contributed by atoms with van der Waals surface area (Å²) in [6, 6.07) is 3.79. The van der Waals surface area contributed by atoms with Gasteiger partial charge in [-0.25, -0.2) is 4.98 Å². The number of benzene rings is 1. The Balaban J connectivity index is 2.73. The Hall–Kier alpha value is -1.51.